The molecule has 0 saturated heterocycles. The molecule has 20 heavy (non-hydrogen) atoms. The van der Waals surface area contributed by atoms with Crippen molar-refractivity contribution in [3.63, 3.8) is 0 Å². The van der Waals surface area contributed by atoms with E-state index < -0.39 is 0 Å². The molecule has 2 N–H and O–H groups in total. The van der Waals surface area contributed by atoms with E-state index >= 15 is 0 Å². The molecule has 0 amide bonds. The van der Waals surface area contributed by atoms with Crippen LogP contribution < -0.4 is 10.5 Å². The van der Waals surface area contributed by atoms with Gasteiger partial charge in [0.1, 0.15) is 0 Å². The quantitative estimate of drug-likeness (QED) is 0.932. The van der Waals surface area contributed by atoms with Gasteiger partial charge in [-0.25, -0.2) is 4.39 Å². The van der Waals surface area contributed by atoms with Gasteiger partial charge in [-0.2, -0.15) is 0 Å². The van der Waals surface area contributed by atoms with Crippen molar-refractivity contribution in [1.82, 2.24) is 4.98 Å². The number of hydrogen-bond acceptors (Lipinski definition) is 3. The molecule has 3 nitrogen and oxygen atoms in total. The van der Waals surface area contributed by atoms with Gasteiger partial charge in [-0.15, -0.1) is 0 Å². The molecule has 2 aromatic rings. The average Bonchev–Trinajstić information content (AvgIpc) is 2.41. The zero-order chi connectivity index (χ0) is 14.7. The third kappa shape index (κ3) is 2.96. The highest BCUT2D eigenvalue weighted by molar-refractivity contribution is 5.33. The van der Waals surface area contributed by atoms with Crippen molar-refractivity contribution in [3.8, 4) is 5.75 Å². The largest absolute Gasteiger partial charge is 0.494 e. The summed E-state index contributed by atoms with van der Waals surface area (Å²) in [6, 6.07) is 6.78. The molecular weight excluding hydrogens is 255 g/mol. The van der Waals surface area contributed by atoms with Crippen LogP contribution >= 0.6 is 0 Å². The van der Waals surface area contributed by atoms with Gasteiger partial charge >= 0.3 is 0 Å². The van der Waals surface area contributed by atoms with E-state index in [9.17, 15) is 4.39 Å². The minimum atomic E-state index is -0.352. The van der Waals surface area contributed by atoms with Crippen LogP contribution in [0.3, 0.4) is 0 Å². The van der Waals surface area contributed by atoms with Crippen LogP contribution in [0.1, 0.15) is 28.4 Å². The normalized spacial score (nSPS) is 12.2. The summed E-state index contributed by atoms with van der Waals surface area (Å²) in [5.74, 6) is -0.112. The number of halogens is 1. The first-order valence-electron chi connectivity index (χ1n) is 6.53. The lowest BCUT2D eigenvalue weighted by Gasteiger charge is -2.15. The van der Waals surface area contributed by atoms with Crippen LogP contribution in [0.5, 0.6) is 5.75 Å². The first-order valence-corrected chi connectivity index (χ1v) is 6.53. The molecule has 1 heterocycles. The molecule has 1 atom stereocenters. The zero-order valence-corrected chi connectivity index (χ0v) is 12.0. The smallest absolute Gasteiger partial charge is 0.168 e. The standard InChI is InChI=1S/C16H19FN2O/c1-10-7-11(2)16(19-9-10)13(18)8-12-5-4-6-14(20-3)15(12)17/h4-7,9,13H,8,18H2,1-3H3. The molecule has 0 saturated carbocycles. The fourth-order valence-corrected chi connectivity index (χ4v) is 2.32. The number of hydrogen-bond donors (Lipinski definition) is 1. The third-order valence-electron chi connectivity index (χ3n) is 3.31. The summed E-state index contributed by atoms with van der Waals surface area (Å²) >= 11 is 0. The highest BCUT2D eigenvalue weighted by atomic mass is 19.1. The Morgan fingerprint density at radius 3 is 2.75 bits per heavy atom. The number of nitrogens with two attached hydrogens (primary N) is 1. The van der Waals surface area contributed by atoms with E-state index in [1.54, 1.807) is 24.4 Å². The number of methoxy groups -OCH3 is 1. The van der Waals surface area contributed by atoms with Crippen molar-refractivity contribution in [2.45, 2.75) is 26.3 Å². The van der Waals surface area contributed by atoms with Crippen molar-refractivity contribution >= 4 is 0 Å². The molecule has 106 valence electrons. The van der Waals surface area contributed by atoms with Gasteiger partial charge in [-0.1, -0.05) is 18.2 Å². The fraction of sp³-hybridized carbons (Fsp3) is 0.312. The van der Waals surface area contributed by atoms with Gasteiger partial charge in [0, 0.05) is 6.20 Å². The van der Waals surface area contributed by atoms with Crippen LogP contribution in [0.4, 0.5) is 4.39 Å². The summed E-state index contributed by atoms with van der Waals surface area (Å²) in [7, 11) is 1.45. The lowest BCUT2D eigenvalue weighted by Crippen LogP contribution is -2.17. The Hall–Kier alpha value is -1.94. The molecule has 0 aliphatic carbocycles. The molecule has 0 aliphatic heterocycles. The maximum Gasteiger partial charge on any atom is 0.168 e. The maximum absolute atomic E-state index is 14.1. The predicted molar refractivity (Wildman–Crippen MR) is 77.3 cm³/mol. The molecule has 0 radical (unpaired) electrons. The van der Waals surface area contributed by atoms with E-state index in [1.165, 1.54) is 7.11 Å². The first-order chi connectivity index (χ1) is 9.52. The summed E-state index contributed by atoms with van der Waals surface area (Å²) in [6.07, 6.45) is 2.17. The molecule has 1 unspecified atom stereocenters. The molecule has 0 bridgehead atoms. The molecule has 0 fully saturated rings. The Kier molecular flexibility index (Phi) is 4.35. The summed E-state index contributed by atoms with van der Waals surface area (Å²) in [5.41, 5.74) is 9.63. The molecule has 0 spiro atoms. The number of pyridine rings is 1. The van der Waals surface area contributed by atoms with E-state index in [0.717, 1.165) is 16.8 Å². The SMILES string of the molecule is COc1cccc(CC(N)c2ncc(C)cc2C)c1F. The Morgan fingerprint density at radius 2 is 2.10 bits per heavy atom. The van der Waals surface area contributed by atoms with Crippen LogP contribution in [0.2, 0.25) is 0 Å². The van der Waals surface area contributed by atoms with Crippen molar-refractivity contribution < 1.29 is 9.13 Å². The zero-order valence-electron chi connectivity index (χ0n) is 12.0. The average molecular weight is 274 g/mol. The van der Waals surface area contributed by atoms with Crippen LogP contribution in [-0.2, 0) is 6.42 Å². The minimum absolute atomic E-state index is 0.239. The van der Waals surface area contributed by atoms with Gasteiger partial charge in [0.25, 0.3) is 0 Å². The molecule has 0 aliphatic rings. The van der Waals surface area contributed by atoms with Gasteiger partial charge in [-0.3, -0.25) is 4.98 Å². The Bertz CT molecular complexity index is 613. The topological polar surface area (TPSA) is 48.1 Å². The Morgan fingerprint density at radius 1 is 1.35 bits per heavy atom. The molecule has 1 aromatic heterocycles. The van der Waals surface area contributed by atoms with Crippen molar-refractivity contribution in [1.29, 1.82) is 0 Å². The number of aryl methyl sites for hydroxylation is 2. The van der Waals surface area contributed by atoms with Crippen molar-refractivity contribution in [2.75, 3.05) is 7.11 Å². The maximum atomic E-state index is 14.1. The van der Waals surface area contributed by atoms with Gasteiger partial charge in [-0.05, 0) is 43.0 Å². The fourth-order valence-electron chi connectivity index (χ4n) is 2.32. The number of ether oxygens (including phenoxy) is 1. The second-order valence-electron chi connectivity index (χ2n) is 4.96. The second kappa shape index (κ2) is 6.01. The number of rotatable bonds is 4. The molecular formula is C16H19FN2O. The van der Waals surface area contributed by atoms with E-state index in [-0.39, 0.29) is 17.6 Å². The van der Waals surface area contributed by atoms with E-state index in [2.05, 4.69) is 4.98 Å². The summed E-state index contributed by atoms with van der Waals surface area (Å²) in [4.78, 5) is 4.37. The monoisotopic (exact) mass is 274 g/mol. The van der Waals surface area contributed by atoms with E-state index in [0.29, 0.717) is 12.0 Å². The van der Waals surface area contributed by atoms with Gasteiger partial charge in [0.15, 0.2) is 11.6 Å². The summed E-state index contributed by atoms with van der Waals surface area (Å²) in [5, 5.41) is 0. The Balaban J connectivity index is 2.25. The molecule has 1 aromatic carbocycles. The van der Waals surface area contributed by atoms with Crippen molar-refractivity contribution in [2.24, 2.45) is 5.73 Å². The van der Waals surface area contributed by atoms with Crippen LogP contribution in [-0.4, -0.2) is 12.1 Å². The lowest BCUT2D eigenvalue weighted by molar-refractivity contribution is 0.383. The van der Waals surface area contributed by atoms with Crippen LogP contribution in [0.15, 0.2) is 30.5 Å². The van der Waals surface area contributed by atoms with Gasteiger partial charge in [0.2, 0.25) is 0 Å². The van der Waals surface area contributed by atoms with Gasteiger partial charge < -0.3 is 10.5 Å². The Labute approximate surface area is 118 Å². The van der Waals surface area contributed by atoms with Gasteiger partial charge in [0.05, 0.1) is 18.8 Å². The van der Waals surface area contributed by atoms with Crippen LogP contribution in [0.25, 0.3) is 0 Å². The number of benzene rings is 1. The first kappa shape index (κ1) is 14.5. The highest BCUT2D eigenvalue weighted by Gasteiger charge is 2.15. The third-order valence-corrected chi connectivity index (χ3v) is 3.31. The van der Waals surface area contributed by atoms with E-state index in [4.69, 9.17) is 10.5 Å². The predicted octanol–water partition coefficient (Wildman–Crippen LogP) is 3.09. The van der Waals surface area contributed by atoms with E-state index in [1.807, 2.05) is 19.9 Å². The molecule has 4 heteroatoms. The number of aromatic nitrogens is 1. The lowest BCUT2D eigenvalue weighted by atomic mass is 9.99. The summed E-state index contributed by atoms with van der Waals surface area (Å²) < 4.78 is 19.1. The minimum Gasteiger partial charge on any atom is -0.494 e. The molecule has 2 rings (SSSR count). The summed E-state index contributed by atoms with van der Waals surface area (Å²) in [6.45, 7) is 3.95. The second-order valence-corrected chi connectivity index (χ2v) is 4.96. The highest BCUT2D eigenvalue weighted by Crippen LogP contribution is 2.24. The van der Waals surface area contributed by atoms with Crippen LogP contribution in [0, 0.1) is 19.7 Å². The number of nitrogens with zero attached hydrogens (tertiary/aromatic N) is 1. The van der Waals surface area contributed by atoms with Crippen molar-refractivity contribution in [3.05, 3.63) is 58.7 Å².